The molecule has 1 aromatic rings. The molecule has 0 bridgehead atoms. The van der Waals surface area contributed by atoms with E-state index in [4.69, 9.17) is 12.2 Å². The molecule has 1 atom stereocenters. The molecule has 0 amide bonds. The Labute approximate surface area is 151 Å². The third-order valence-electron chi connectivity index (χ3n) is 4.61. The van der Waals surface area contributed by atoms with Crippen LogP contribution in [0.4, 0.5) is 0 Å². The number of hydrogen-bond acceptors (Lipinski definition) is 3. The Bertz CT molecular complexity index is 576. The summed E-state index contributed by atoms with van der Waals surface area (Å²) in [6, 6.07) is 8.33. The fourth-order valence-electron chi connectivity index (χ4n) is 3.51. The first kappa shape index (κ1) is 17.8. The fourth-order valence-corrected chi connectivity index (χ4v) is 4.90. The van der Waals surface area contributed by atoms with Crippen molar-refractivity contribution in [3.63, 3.8) is 0 Å². The Morgan fingerprint density at radius 3 is 2.73 bits per heavy atom. The predicted octanol–water partition coefficient (Wildman–Crippen LogP) is 5.13. The summed E-state index contributed by atoms with van der Waals surface area (Å²) < 4.78 is 0.891. The molecule has 0 saturated heterocycles. The van der Waals surface area contributed by atoms with E-state index < -0.39 is 0 Å². The highest BCUT2D eigenvalue weighted by Gasteiger charge is 2.40. The lowest BCUT2D eigenvalue weighted by Crippen LogP contribution is -2.36. The summed E-state index contributed by atoms with van der Waals surface area (Å²) in [5.74, 6) is 0.703. The molecular weight excluding hydrogens is 405 g/mol. The van der Waals surface area contributed by atoms with Crippen molar-refractivity contribution in [1.82, 2.24) is 0 Å². The molecule has 2 rings (SSSR count). The zero-order valence-electron chi connectivity index (χ0n) is 13.0. The van der Waals surface area contributed by atoms with E-state index in [0.29, 0.717) is 12.3 Å². The van der Waals surface area contributed by atoms with Crippen LogP contribution in [0.1, 0.15) is 50.2 Å². The van der Waals surface area contributed by atoms with Gasteiger partial charge in [0.2, 0.25) is 0 Å². The highest BCUT2D eigenvalue weighted by Crippen LogP contribution is 2.43. The quantitative estimate of drug-likeness (QED) is 0.273. The molecule has 0 radical (unpaired) electrons. The van der Waals surface area contributed by atoms with Crippen molar-refractivity contribution in [3.05, 3.63) is 35.4 Å². The van der Waals surface area contributed by atoms with E-state index in [0.717, 1.165) is 9.99 Å². The number of halogens is 1. The average Bonchev–Trinajstić information content (AvgIpc) is 2.53. The summed E-state index contributed by atoms with van der Waals surface area (Å²) in [7, 11) is 0. The van der Waals surface area contributed by atoms with E-state index in [2.05, 4.69) is 44.9 Å². The van der Waals surface area contributed by atoms with Crippen molar-refractivity contribution >= 4 is 45.8 Å². The number of rotatable bonds is 6. The van der Waals surface area contributed by atoms with Gasteiger partial charge in [-0.15, -0.1) is 0 Å². The number of isothiocyanates is 1. The van der Waals surface area contributed by atoms with Crippen LogP contribution in [0.5, 0.6) is 0 Å². The molecule has 4 heteroatoms. The van der Waals surface area contributed by atoms with Gasteiger partial charge in [-0.1, -0.05) is 66.1 Å². The lowest BCUT2D eigenvalue weighted by atomic mass is 9.72. The number of nitrogens with zero attached hydrogens (tertiary/aromatic N) is 1. The fraction of sp³-hybridized carbons (Fsp3) is 0.556. The largest absolute Gasteiger partial charge is 0.300 e. The number of carbonyl (C=O) groups excluding carboxylic acids is 1. The lowest BCUT2D eigenvalue weighted by molar-refractivity contribution is -0.116. The molecule has 1 unspecified atom stereocenters. The summed E-state index contributed by atoms with van der Waals surface area (Å²) in [5.41, 5.74) is 1.97. The summed E-state index contributed by atoms with van der Waals surface area (Å²) in [4.78, 5) is 16.1. The van der Waals surface area contributed by atoms with Crippen LogP contribution in [0, 0.1) is 5.92 Å². The number of Topliss-reactive ketones (excluding diaryl/α,β-unsaturated/α-hetero) is 1. The second-order valence-corrected chi connectivity index (χ2v) is 7.12. The standard InChI is InChI=1S/C18H22INOS/c1-14(21)10-15-6-5-9-17(11-15)18(12-19,20-13-22)16-7-3-2-4-8-16/h5-6,9,11,16H,2-4,7-8,10,12H2,1H3. The first-order valence-corrected chi connectivity index (χ1v) is 9.79. The first-order valence-electron chi connectivity index (χ1n) is 7.86. The molecule has 0 N–H and O–H groups in total. The lowest BCUT2D eigenvalue weighted by Gasteiger charge is -2.38. The second-order valence-electron chi connectivity index (χ2n) is 6.18. The maximum atomic E-state index is 11.4. The third-order valence-corrected chi connectivity index (χ3v) is 5.86. The number of ketones is 1. The van der Waals surface area contributed by atoms with Gasteiger partial charge in [-0.3, -0.25) is 4.79 Å². The molecule has 118 valence electrons. The molecule has 0 spiro atoms. The smallest absolute Gasteiger partial charge is 0.134 e. The molecule has 1 aliphatic rings. The summed E-state index contributed by atoms with van der Waals surface area (Å²) >= 11 is 7.39. The molecule has 1 aliphatic carbocycles. The van der Waals surface area contributed by atoms with Gasteiger partial charge >= 0.3 is 0 Å². The first-order chi connectivity index (χ1) is 10.6. The van der Waals surface area contributed by atoms with Crippen molar-refractivity contribution in [2.75, 3.05) is 4.43 Å². The van der Waals surface area contributed by atoms with Crippen molar-refractivity contribution in [2.24, 2.45) is 10.9 Å². The number of alkyl halides is 1. The third kappa shape index (κ3) is 4.03. The zero-order valence-corrected chi connectivity index (χ0v) is 16.0. The molecule has 1 fully saturated rings. The Hall–Kier alpha value is -0.580. The van der Waals surface area contributed by atoms with Gasteiger partial charge in [0.15, 0.2) is 0 Å². The minimum atomic E-state index is -0.282. The van der Waals surface area contributed by atoms with Crippen molar-refractivity contribution in [1.29, 1.82) is 0 Å². The summed E-state index contributed by atoms with van der Waals surface area (Å²) in [6.07, 6.45) is 6.73. The maximum absolute atomic E-state index is 11.4. The van der Waals surface area contributed by atoms with Gasteiger partial charge in [-0.2, -0.15) is 0 Å². The van der Waals surface area contributed by atoms with Crippen LogP contribution < -0.4 is 0 Å². The molecule has 1 aromatic carbocycles. The normalized spacial score (nSPS) is 18.3. The Morgan fingerprint density at radius 2 is 2.14 bits per heavy atom. The molecule has 2 nitrogen and oxygen atoms in total. The van der Waals surface area contributed by atoms with Gasteiger partial charge in [0.05, 0.1) is 5.16 Å². The molecule has 1 saturated carbocycles. The molecule has 0 aromatic heterocycles. The molecule has 22 heavy (non-hydrogen) atoms. The summed E-state index contributed by atoms with van der Waals surface area (Å²) in [5, 5.41) is 2.65. The zero-order chi connectivity index (χ0) is 16.0. The van der Waals surface area contributed by atoms with Crippen LogP contribution in [0.2, 0.25) is 0 Å². The van der Waals surface area contributed by atoms with Crippen molar-refractivity contribution in [3.8, 4) is 0 Å². The summed E-state index contributed by atoms with van der Waals surface area (Å²) in [6.45, 7) is 1.63. The predicted molar refractivity (Wildman–Crippen MR) is 103 cm³/mol. The van der Waals surface area contributed by atoms with Gasteiger partial charge in [-0.05, 0) is 49.0 Å². The highest BCUT2D eigenvalue weighted by atomic mass is 127. The number of aliphatic imine (C=N–C) groups is 1. The van der Waals surface area contributed by atoms with Crippen LogP contribution in [-0.2, 0) is 16.8 Å². The monoisotopic (exact) mass is 427 g/mol. The Balaban J connectivity index is 2.44. The Morgan fingerprint density at radius 1 is 1.41 bits per heavy atom. The topological polar surface area (TPSA) is 29.4 Å². The second kappa shape index (κ2) is 8.32. The van der Waals surface area contributed by atoms with Crippen LogP contribution in [0.3, 0.4) is 0 Å². The number of benzene rings is 1. The Kier molecular flexibility index (Phi) is 6.72. The number of hydrogen-bond donors (Lipinski definition) is 0. The molecular formula is C18H22INOS. The SMILES string of the molecule is CC(=O)Cc1cccc(C(CI)(N=C=S)C2CCCCC2)c1. The van der Waals surface area contributed by atoms with Gasteiger partial charge in [0, 0.05) is 10.8 Å². The van der Waals surface area contributed by atoms with Crippen LogP contribution in [0.25, 0.3) is 0 Å². The van der Waals surface area contributed by atoms with Gasteiger partial charge in [0.25, 0.3) is 0 Å². The molecule has 0 aliphatic heterocycles. The van der Waals surface area contributed by atoms with Crippen LogP contribution >= 0.6 is 34.8 Å². The number of thiocarbonyl (C=S) groups is 1. The van der Waals surface area contributed by atoms with E-state index in [9.17, 15) is 4.79 Å². The molecule has 0 heterocycles. The van der Waals surface area contributed by atoms with Gasteiger partial charge < -0.3 is 0 Å². The van der Waals surface area contributed by atoms with Crippen LogP contribution in [-0.4, -0.2) is 15.4 Å². The number of carbonyl (C=O) groups is 1. The minimum Gasteiger partial charge on any atom is -0.300 e. The van der Waals surface area contributed by atoms with Crippen molar-refractivity contribution in [2.45, 2.75) is 51.0 Å². The average molecular weight is 427 g/mol. The van der Waals surface area contributed by atoms with E-state index in [-0.39, 0.29) is 11.3 Å². The highest BCUT2D eigenvalue weighted by molar-refractivity contribution is 14.1. The van der Waals surface area contributed by atoms with Crippen molar-refractivity contribution < 1.29 is 4.79 Å². The van der Waals surface area contributed by atoms with E-state index in [1.165, 1.54) is 37.7 Å². The van der Waals surface area contributed by atoms with Crippen LogP contribution in [0.15, 0.2) is 29.3 Å². The maximum Gasteiger partial charge on any atom is 0.134 e. The van der Waals surface area contributed by atoms with E-state index >= 15 is 0 Å². The van der Waals surface area contributed by atoms with E-state index in [1.54, 1.807) is 6.92 Å². The minimum absolute atomic E-state index is 0.188. The van der Waals surface area contributed by atoms with Gasteiger partial charge in [0.1, 0.15) is 11.3 Å². The van der Waals surface area contributed by atoms with E-state index in [1.807, 2.05) is 12.1 Å². The van der Waals surface area contributed by atoms with Gasteiger partial charge in [-0.25, -0.2) is 4.99 Å².